The number of nitrogens with one attached hydrogen (secondary N) is 2. The number of hydrogen-bond donors (Lipinski definition) is 3. The van der Waals surface area contributed by atoms with E-state index in [9.17, 15) is 9.90 Å². The lowest BCUT2D eigenvalue weighted by molar-refractivity contribution is 0.0594. The first kappa shape index (κ1) is 15.1. The van der Waals surface area contributed by atoms with Gasteiger partial charge in [-0.15, -0.1) is 0 Å². The molecule has 5 nitrogen and oxygen atoms in total. The predicted octanol–water partition coefficient (Wildman–Crippen LogP) is 1.83. The zero-order valence-electron chi connectivity index (χ0n) is 12.1. The van der Waals surface area contributed by atoms with Crippen LogP contribution in [-0.4, -0.2) is 36.3 Å². The van der Waals surface area contributed by atoms with Crippen LogP contribution in [0.3, 0.4) is 0 Å². The van der Waals surface area contributed by atoms with Gasteiger partial charge in [0.15, 0.2) is 0 Å². The monoisotopic (exact) mass is 280 g/mol. The van der Waals surface area contributed by atoms with Crippen molar-refractivity contribution in [1.82, 2.24) is 10.3 Å². The highest BCUT2D eigenvalue weighted by atomic mass is 16.5. The van der Waals surface area contributed by atoms with E-state index in [0.717, 1.165) is 25.1 Å². The Hall–Kier alpha value is -1.33. The number of aromatic nitrogens is 1. The van der Waals surface area contributed by atoms with Crippen molar-refractivity contribution in [3.63, 3.8) is 0 Å². The lowest BCUT2D eigenvalue weighted by atomic mass is 9.74. The third-order valence-corrected chi connectivity index (χ3v) is 4.22. The molecule has 1 aliphatic rings. The molecule has 1 heterocycles. The normalized spacial score (nSPS) is 17.9. The van der Waals surface area contributed by atoms with Gasteiger partial charge in [0.2, 0.25) is 0 Å². The van der Waals surface area contributed by atoms with Crippen LogP contribution in [-0.2, 0) is 11.3 Å². The molecule has 0 aromatic carbocycles. The summed E-state index contributed by atoms with van der Waals surface area (Å²) in [7, 11) is 1.37. The third kappa shape index (κ3) is 3.61. The third-order valence-electron chi connectivity index (χ3n) is 4.22. The van der Waals surface area contributed by atoms with Crippen LogP contribution in [0.15, 0.2) is 12.1 Å². The molecule has 3 N–H and O–H groups in total. The Balaban J connectivity index is 1.82. The van der Waals surface area contributed by atoms with Gasteiger partial charge in [-0.05, 0) is 25.0 Å². The molecule has 20 heavy (non-hydrogen) atoms. The molecule has 5 heteroatoms. The van der Waals surface area contributed by atoms with Crippen LogP contribution in [0, 0.1) is 5.41 Å². The molecule has 1 aliphatic carbocycles. The summed E-state index contributed by atoms with van der Waals surface area (Å²) in [5, 5.41) is 13.0. The number of methoxy groups -OCH3 is 1. The van der Waals surface area contributed by atoms with Gasteiger partial charge in [-0.2, -0.15) is 0 Å². The fraction of sp³-hybridized carbons (Fsp3) is 0.667. The fourth-order valence-electron chi connectivity index (χ4n) is 2.93. The molecule has 0 spiro atoms. The van der Waals surface area contributed by atoms with E-state index in [0.29, 0.717) is 12.2 Å². The molecule has 0 bridgehead atoms. The molecule has 0 amide bonds. The van der Waals surface area contributed by atoms with E-state index in [1.54, 1.807) is 6.07 Å². The quantitative estimate of drug-likeness (QED) is 0.695. The molecule has 1 aromatic heterocycles. The summed E-state index contributed by atoms with van der Waals surface area (Å²) in [4.78, 5) is 14.4. The number of ether oxygens (including phenoxy) is 1. The molecular weight excluding hydrogens is 256 g/mol. The van der Waals surface area contributed by atoms with Crippen molar-refractivity contribution in [3.05, 3.63) is 23.5 Å². The first-order valence-electron chi connectivity index (χ1n) is 7.27. The summed E-state index contributed by atoms with van der Waals surface area (Å²) in [5.41, 5.74) is 1.46. The van der Waals surface area contributed by atoms with Crippen LogP contribution >= 0.6 is 0 Å². The summed E-state index contributed by atoms with van der Waals surface area (Å²) < 4.78 is 4.66. The summed E-state index contributed by atoms with van der Waals surface area (Å²) in [6, 6.07) is 3.61. The van der Waals surface area contributed by atoms with Gasteiger partial charge in [0.25, 0.3) is 0 Å². The van der Waals surface area contributed by atoms with E-state index < -0.39 is 0 Å². The van der Waals surface area contributed by atoms with E-state index in [4.69, 9.17) is 0 Å². The van der Waals surface area contributed by atoms with Gasteiger partial charge < -0.3 is 20.1 Å². The molecule has 1 aromatic rings. The molecule has 1 fully saturated rings. The SMILES string of the molecule is COC(=O)c1ccc(CNCC2(CO)CCCCC2)[nH]1. The van der Waals surface area contributed by atoms with Crippen molar-refractivity contribution in [3.8, 4) is 0 Å². The highest BCUT2D eigenvalue weighted by molar-refractivity contribution is 5.87. The Labute approximate surface area is 119 Å². The predicted molar refractivity (Wildman–Crippen MR) is 76.4 cm³/mol. The lowest BCUT2D eigenvalue weighted by Gasteiger charge is -2.35. The van der Waals surface area contributed by atoms with Crippen LogP contribution in [0.5, 0.6) is 0 Å². The van der Waals surface area contributed by atoms with Crippen molar-refractivity contribution in [2.45, 2.75) is 38.6 Å². The number of aliphatic hydroxyl groups is 1. The molecule has 1 saturated carbocycles. The second-order valence-corrected chi connectivity index (χ2v) is 5.71. The standard InChI is InChI=1S/C15H24N2O3/c1-20-14(19)13-6-5-12(17-13)9-16-10-15(11-18)7-3-2-4-8-15/h5-6,16-18H,2-4,7-11H2,1H3. The number of carbonyl (C=O) groups excluding carboxylic acids is 1. The number of aromatic amines is 1. The van der Waals surface area contributed by atoms with Crippen molar-refractivity contribution in [2.75, 3.05) is 20.3 Å². The zero-order valence-corrected chi connectivity index (χ0v) is 12.1. The largest absolute Gasteiger partial charge is 0.464 e. The minimum absolute atomic E-state index is 0.0377. The molecule has 0 unspecified atom stereocenters. The Bertz CT molecular complexity index is 436. The molecule has 0 atom stereocenters. The molecule has 112 valence electrons. The first-order valence-corrected chi connectivity index (χ1v) is 7.27. The second kappa shape index (κ2) is 6.90. The van der Waals surface area contributed by atoms with E-state index in [1.165, 1.54) is 26.4 Å². The van der Waals surface area contributed by atoms with Crippen LogP contribution in [0.25, 0.3) is 0 Å². The summed E-state index contributed by atoms with van der Waals surface area (Å²) in [5.74, 6) is -0.352. The smallest absolute Gasteiger partial charge is 0.354 e. The first-order chi connectivity index (χ1) is 9.69. The van der Waals surface area contributed by atoms with Crippen LogP contribution in [0.1, 0.15) is 48.3 Å². The molecule has 2 rings (SSSR count). The molecule has 0 aliphatic heterocycles. The van der Waals surface area contributed by atoms with Gasteiger partial charge in [-0.25, -0.2) is 4.79 Å². The van der Waals surface area contributed by atoms with Crippen LogP contribution in [0.2, 0.25) is 0 Å². The highest BCUT2D eigenvalue weighted by Gasteiger charge is 2.30. The Morgan fingerprint density at radius 1 is 1.40 bits per heavy atom. The lowest BCUT2D eigenvalue weighted by Crippen LogP contribution is -2.38. The van der Waals surface area contributed by atoms with E-state index >= 15 is 0 Å². The topological polar surface area (TPSA) is 74.3 Å². The maximum Gasteiger partial charge on any atom is 0.354 e. The Morgan fingerprint density at radius 3 is 2.80 bits per heavy atom. The molecular formula is C15H24N2O3. The summed E-state index contributed by atoms with van der Waals surface area (Å²) in [6.07, 6.45) is 5.87. The van der Waals surface area contributed by atoms with Crippen molar-refractivity contribution < 1.29 is 14.6 Å². The summed E-state index contributed by atoms with van der Waals surface area (Å²) in [6.45, 7) is 1.73. The van der Waals surface area contributed by atoms with Crippen molar-refractivity contribution in [2.24, 2.45) is 5.41 Å². The van der Waals surface area contributed by atoms with Crippen molar-refractivity contribution >= 4 is 5.97 Å². The maximum absolute atomic E-state index is 11.3. The van der Waals surface area contributed by atoms with E-state index in [-0.39, 0.29) is 18.0 Å². The number of carbonyl (C=O) groups is 1. The van der Waals surface area contributed by atoms with Crippen LogP contribution < -0.4 is 5.32 Å². The van der Waals surface area contributed by atoms with Gasteiger partial charge in [0.1, 0.15) is 5.69 Å². The van der Waals surface area contributed by atoms with E-state index in [1.807, 2.05) is 6.07 Å². The Kier molecular flexibility index (Phi) is 5.20. The Morgan fingerprint density at radius 2 is 2.15 bits per heavy atom. The van der Waals surface area contributed by atoms with E-state index in [2.05, 4.69) is 15.0 Å². The maximum atomic E-state index is 11.3. The van der Waals surface area contributed by atoms with Gasteiger partial charge in [-0.1, -0.05) is 19.3 Å². The number of aliphatic hydroxyl groups excluding tert-OH is 1. The van der Waals surface area contributed by atoms with Crippen molar-refractivity contribution in [1.29, 1.82) is 0 Å². The van der Waals surface area contributed by atoms with Gasteiger partial charge in [0, 0.05) is 30.8 Å². The number of esters is 1. The highest BCUT2D eigenvalue weighted by Crippen LogP contribution is 2.35. The molecule has 0 radical (unpaired) electrons. The van der Waals surface area contributed by atoms with Gasteiger partial charge >= 0.3 is 5.97 Å². The number of hydrogen-bond acceptors (Lipinski definition) is 4. The van der Waals surface area contributed by atoms with Gasteiger partial charge in [-0.3, -0.25) is 0 Å². The minimum atomic E-state index is -0.352. The molecule has 0 saturated heterocycles. The van der Waals surface area contributed by atoms with Gasteiger partial charge in [0.05, 0.1) is 7.11 Å². The average molecular weight is 280 g/mol. The van der Waals surface area contributed by atoms with Crippen LogP contribution in [0.4, 0.5) is 0 Å². The minimum Gasteiger partial charge on any atom is -0.464 e. The second-order valence-electron chi connectivity index (χ2n) is 5.71. The summed E-state index contributed by atoms with van der Waals surface area (Å²) >= 11 is 0. The number of H-pyrrole nitrogens is 1. The zero-order chi connectivity index (χ0) is 14.4. The average Bonchev–Trinajstić information content (AvgIpc) is 2.96. The fourth-order valence-corrected chi connectivity index (χ4v) is 2.93. The number of rotatable bonds is 6.